The predicted molar refractivity (Wildman–Crippen MR) is 133 cm³/mol. The van der Waals surface area contributed by atoms with E-state index < -0.39 is 38.5 Å². The fraction of sp³-hybridized carbons (Fsp3) is 0.519. The van der Waals surface area contributed by atoms with Gasteiger partial charge in [-0.2, -0.15) is 8.42 Å². The molecule has 0 aromatic heterocycles. The van der Waals surface area contributed by atoms with Gasteiger partial charge in [0.25, 0.3) is 21.9 Å². The van der Waals surface area contributed by atoms with Crippen molar-refractivity contribution < 1.29 is 31.8 Å². The highest BCUT2D eigenvalue weighted by Crippen LogP contribution is 2.64. The molecule has 1 heterocycles. The summed E-state index contributed by atoms with van der Waals surface area (Å²) >= 11 is 0. The van der Waals surface area contributed by atoms with Crippen LogP contribution < -0.4 is 4.74 Å². The molecule has 2 aromatic carbocycles. The van der Waals surface area contributed by atoms with Crippen molar-refractivity contribution in [1.82, 2.24) is 5.06 Å². The third kappa shape index (κ3) is 3.66. The van der Waals surface area contributed by atoms with Gasteiger partial charge < -0.3 is 4.74 Å². The lowest BCUT2D eigenvalue weighted by molar-refractivity contribution is -0.128. The van der Waals surface area contributed by atoms with Gasteiger partial charge in [-0.05, 0) is 54.7 Å². The van der Waals surface area contributed by atoms with Gasteiger partial charge in [-0.25, -0.2) is 0 Å². The van der Waals surface area contributed by atoms with Crippen molar-refractivity contribution in [3.05, 3.63) is 41.5 Å². The first-order valence-electron chi connectivity index (χ1n) is 12.4. The van der Waals surface area contributed by atoms with E-state index in [1.807, 2.05) is 13.8 Å². The lowest BCUT2D eigenvalue weighted by atomic mass is 9.70. The average Bonchev–Trinajstić information content (AvgIpc) is 3.14. The monoisotopic (exact) mass is 513 g/mol. The highest BCUT2D eigenvalue weighted by Gasteiger charge is 2.65. The molecule has 2 saturated carbocycles. The van der Waals surface area contributed by atoms with Crippen LogP contribution in [0.4, 0.5) is 0 Å². The first-order chi connectivity index (χ1) is 16.9. The number of carbonyl (C=O) groups excluding carboxylic acids is 3. The maximum atomic E-state index is 13.3. The van der Waals surface area contributed by atoms with Crippen LogP contribution in [0.1, 0.15) is 74.1 Å². The van der Waals surface area contributed by atoms with Crippen molar-refractivity contribution in [3.8, 4) is 5.75 Å². The summed E-state index contributed by atoms with van der Waals surface area (Å²) in [6.45, 7) is 8.51. The number of hydrogen-bond donors (Lipinski definition) is 0. The Hall–Kier alpha value is -2.78. The number of rotatable bonds is 8. The summed E-state index contributed by atoms with van der Waals surface area (Å²) < 4.78 is 37.5. The molecule has 2 atom stereocenters. The molecule has 2 bridgehead atoms. The molecule has 5 rings (SSSR count). The molecule has 9 heteroatoms. The Bertz CT molecular complexity index is 1370. The second-order valence-corrected chi connectivity index (χ2v) is 12.8. The summed E-state index contributed by atoms with van der Waals surface area (Å²) in [6.07, 6.45) is 2.42. The smallest absolute Gasteiger partial charge is 0.289 e. The molecular weight excluding hydrogens is 482 g/mol. The number of ketones is 1. The molecule has 1 aliphatic heterocycles. The zero-order valence-corrected chi connectivity index (χ0v) is 21.8. The number of hydroxylamine groups is 2. The van der Waals surface area contributed by atoms with Crippen LogP contribution >= 0.6 is 0 Å². The van der Waals surface area contributed by atoms with Gasteiger partial charge >= 0.3 is 0 Å². The first kappa shape index (κ1) is 24.9. The minimum Gasteiger partial charge on any atom is -0.493 e. The zero-order chi connectivity index (χ0) is 26.0. The maximum absolute atomic E-state index is 13.3. The van der Waals surface area contributed by atoms with E-state index in [2.05, 4.69) is 13.8 Å². The summed E-state index contributed by atoms with van der Waals surface area (Å²) in [5.74, 6) is -1.23. The number of imide groups is 1. The highest BCUT2D eigenvalue weighted by molar-refractivity contribution is 7.86. The molecule has 2 aromatic rings. The SMILES string of the molecule is CC(C)CCOc1ccc2c3c(cccc13)C(=O)N(OS(=O)(=O)CC13CCC(CC1=O)C3(C)C)C2=O. The van der Waals surface area contributed by atoms with Gasteiger partial charge in [-0.15, -0.1) is 9.35 Å². The molecule has 2 unspecified atom stereocenters. The van der Waals surface area contributed by atoms with Crippen molar-refractivity contribution in [3.63, 3.8) is 0 Å². The minimum atomic E-state index is -4.44. The minimum absolute atomic E-state index is 0.0904. The predicted octanol–water partition coefficient (Wildman–Crippen LogP) is 4.52. The third-order valence-corrected chi connectivity index (χ3v) is 9.76. The van der Waals surface area contributed by atoms with E-state index in [0.29, 0.717) is 47.0 Å². The van der Waals surface area contributed by atoms with Crippen molar-refractivity contribution in [2.75, 3.05) is 12.4 Å². The van der Waals surface area contributed by atoms with Crippen LogP contribution in [0, 0.1) is 22.7 Å². The number of nitrogens with zero attached hydrogens (tertiary/aromatic N) is 1. The molecule has 0 radical (unpaired) electrons. The number of ether oxygens (including phenoxy) is 1. The number of carbonyl (C=O) groups is 3. The van der Waals surface area contributed by atoms with Crippen molar-refractivity contribution in [2.45, 2.75) is 53.4 Å². The maximum Gasteiger partial charge on any atom is 0.289 e. The molecule has 3 aliphatic rings. The zero-order valence-electron chi connectivity index (χ0n) is 21.0. The summed E-state index contributed by atoms with van der Waals surface area (Å²) in [5, 5.41) is 1.34. The first-order valence-corrected chi connectivity index (χ1v) is 14.0. The van der Waals surface area contributed by atoms with E-state index in [1.54, 1.807) is 18.2 Å². The number of Topliss-reactive ketones (excluding diaryl/α,β-unsaturated/α-hetero) is 1. The molecule has 36 heavy (non-hydrogen) atoms. The van der Waals surface area contributed by atoms with Gasteiger partial charge in [-0.1, -0.05) is 39.8 Å². The highest BCUT2D eigenvalue weighted by atomic mass is 32.2. The van der Waals surface area contributed by atoms with Gasteiger partial charge in [0.15, 0.2) is 0 Å². The van der Waals surface area contributed by atoms with E-state index in [4.69, 9.17) is 9.02 Å². The number of amides is 2. The van der Waals surface area contributed by atoms with E-state index in [9.17, 15) is 22.8 Å². The van der Waals surface area contributed by atoms with E-state index in [0.717, 1.165) is 12.8 Å². The molecule has 0 N–H and O–H groups in total. The topological polar surface area (TPSA) is 107 Å². The second-order valence-electron chi connectivity index (χ2n) is 11.2. The molecule has 0 saturated heterocycles. The summed E-state index contributed by atoms with van der Waals surface area (Å²) in [6, 6.07) is 8.14. The van der Waals surface area contributed by atoms with Gasteiger partial charge in [-0.3, -0.25) is 14.4 Å². The van der Waals surface area contributed by atoms with Crippen LogP contribution in [0.3, 0.4) is 0 Å². The van der Waals surface area contributed by atoms with Crippen LogP contribution in [-0.4, -0.2) is 43.4 Å². The van der Waals surface area contributed by atoms with Gasteiger partial charge in [0.2, 0.25) is 0 Å². The molecule has 8 nitrogen and oxygen atoms in total. The molecule has 2 amide bonds. The number of fused-ring (bicyclic) bond motifs is 2. The Morgan fingerprint density at radius 2 is 1.75 bits per heavy atom. The van der Waals surface area contributed by atoms with Gasteiger partial charge in [0.05, 0.1) is 28.9 Å². The van der Waals surface area contributed by atoms with Crippen LogP contribution in [-0.2, 0) is 19.2 Å². The van der Waals surface area contributed by atoms with Crippen molar-refractivity contribution in [1.29, 1.82) is 0 Å². The Balaban J connectivity index is 1.44. The van der Waals surface area contributed by atoms with Crippen molar-refractivity contribution in [2.24, 2.45) is 22.7 Å². The molecule has 0 spiro atoms. The largest absolute Gasteiger partial charge is 0.493 e. The van der Waals surface area contributed by atoms with Crippen LogP contribution in [0.2, 0.25) is 0 Å². The average molecular weight is 514 g/mol. The summed E-state index contributed by atoms with van der Waals surface area (Å²) in [7, 11) is -4.44. The standard InChI is InChI=1S/C27H31NO7S/c1-16(2)11-13-34-21-9-8-20-23-18(21)6-5-7-19(23)24(30)28(25(20)31)35-36(32,33)15-27-12-10-17(14-22(27)29)26(27,3)4/h5-9,16-17H,10-15H2,1-4H3. The molecular formula is C27H31NO7S. The number of benzene rings is 2. The Labute approximate surface area is 211 Å². The lowest BCUT2D eigenvalue weighted by Crippen LogP contribution is -2.46. The fourth-order valence-electron chi connectivity index (χ4n) is 6.20. The van der Waals surface area contributed by atoms with Crippen LogP contribution in [0.15, 0.2) is 30.3 Å². The Kier molecular flexibility index (Phi) is 5.79. The number of hydrogen-bond acceptors (Lipinski definition) is 7. The third-order valence-electron chi connectivity index (χ3n) is 8.53. The van der Waals surface area contributed by atoms with E-state index >= 15 is 0 Å². The van der Waals surface area contributed by atoms with Gasteiger partial charge in [0.1, 0.15) is 11.5 Å². The van der Waals surface area contributed by atoms with Crippen LogP contribution in [0.5, 0.6) is 5.75 Å². The summed E-state index contributed by atoms with van der Waals surface area (Å²) in [4.78, 5) is 39.4. The van der Waals surface area contributed by atoms with Gasteiger partial charge in [0, 0.05) is 17.2 Å². The lowest BCUT2D eigenvalue weighted by Gasteiger charge is -2.36. The quantitative estimate of drug-likeness (QED) is 0.478. The summed E-state index contributed by atoms with van der Waals surface area (Å²) in [5.41, 5.74) is -1.26. The molecule has 192 valence electrons. The normalized spacial score (nSPS) is 24.9. The van der Waals surface area contributed by atoms with E-state index in [-0.39, 0.29) is 22.8 Å². The van der Waals surface area contributed by atoms with Crippen molar-refractivity contribution >= 4 is 38.5 Å². The Morgan fingerprint density at radius 3 is 2.36 bits per heavy atom. The molecule has 2 fully saturated rings. The van der Waals surface area contributed by atoms with E-state index in [1.165, 1.54) is 12.1 Å². The molecule has 2 aliphatic carbocycles. The Morgan fingerprint density at radius 1 is 1.06 bits per heavy atom. The second kappa shape index (κ2) is 8.38. The fourth-order valence-corrected chi connectivity index (χ4v) is 7.89. The van der Waals surface area contributed by atoms with Crippen LogP contribution in [0.25, 0.3) is 10.8 Å².